The van der Waals surface area contributed by atoms with Crippen molar-refractivity contribution in [3.05, 3.63) is 52.9 Å². The van der Waals surface area contributed by atoms with Gasteiger partial charge in [-0.05, 0) is 91.9 Å². The van der Waals surface area contributed by atoms with Crippen LogP contribution in [0.5, 0.6) is 5.75 Å². The van der Waals surface area contributed by atoms with Gasteiger partial charge in [0.15, 0.2) is 5.82 Å². The highest BCUT2D eigenvalue weighted by Crippen LogP contribution is 2.47. The van der Waals surface area contributed by atoms with E-state index in [9.17, 15) is 0 Å². The van der Waals surface area contributed by atoms with Crippen molar-refractivity contribution >= 4 is 96.3 Å². The fraction of sp³-hybridized carbons (Fsp3) is 0.400. The Hall–Kier alpha value is -2.62. The second kappa shape index (κ2) is 12.8. The van der Waals surface area contributed by atoms with Gasteiger partial charge in [-0.3, -0.25) is 13.1 Å². The maximum atomic E-state index is 5.84. The average molecular weight is 777 g/mol. The number of rotatable bonds is 10. The van der Waals surface area contributed by atoms with Gasteiger partial charge in [0, 0.05) is 61.8 Å². The molecule has 1 saturated heterocycles. The molecule has 226 valence electrons. The number of nitrogens with one attached hydrogen (secondary N) is 1. The van der Waals surface area contributed by atoms with Gasteiger partial charge >= 0.3 is 0 Å². The number of hydrogen-bond donors (Lipinski definition) is 1. The molecule has 0 amide bonds. The van der Waals surface area contributed by atoms with E-state index in [2.05, 4.69) is 114 Å². The van der Waals surface area contributed by atoms with E-state index in [1.807, 2.05) is 21.1 Å². The molecule has 1 atom stereocenters. The first-order valence-electron chi connectivity index (χ1n) is 14.2. The molecule has 2 aliphatic rings. The van der Waals surface area contributed by atoms with E-state index in [4.69, 9.17) is 14.7 Å². The van der Waals surface area contributed by atoms with Crippen LogP contribution >= 0.6 is 50.7 Å². The molecule has 1 saturated carbocycles. The number of halogens is 2. The molecule has 0 spiro atoms. The van der Waals surface area contributed by atoms with Crippen molar-refractivity contribution in [2.75, 3.05) is 59.0 Å². The van der Waals surface area contributed by atoms with Gasteiger partial charge < -0.3 is 24.2 Å². The number of ether oxygens (including phenoxy) is 1. The predicted octanol–water partition coefficient (Wildman–Crippen LogP) is 7.12. The zero-order valence-electron chi connectivity index (χ0n) is 24.9. The van der Waals surface area contributed by atoms with Crippen molar-refractivity contribution in [3.63, 3.8) is 0 Å². The van der Waals surface area contributed by atoms with Gasteiger partial charge in [0.25, 0.3) is 0 Å². The molecular weight excluding hydrogens is 741 g/mol. The molecule has 3 heterocycles. The number of benzene rings is 2. The van der Waals surface area contributed by atoms with Gasteiger partial charge in [-0.15, -0.1) is 0 Å². The minimum atomic E-state index is 0.474. The second-order valence-corrected chi connectivity index (χ2v) is 14.4. The number of nitrogens with zero attached hydrogens (tertiary/aromatic N) is 8. The van der Waals surface area contributed by atoms with E-state index < -0.39 is 0 Å². The fourth-order valence-electron chi connectivity index (χ4n) is 5.39. The summed E-state index contributed by atoms with van der Waals surface area (Å²) >= 11 is 7.85. The number of aromatic nitrogens is 4. The van der Waals surface area contributed by atoms with Crippen LogP contribution in [0.15, 0.2) is 47.3 Å². The minimum absolute atomic E-state index is 0.474. The summed E-state index contributed by atoms with van der Waals surface area (Å²) in [4.78, 5) is 23.6. The maximum absolute atomic E-state index is 5.84. The zero-order valence-corrected chi connectivity index (χ0v) is 29.4. The van der Waals surface area contributed by atoms with Gasteiger partial charge in [-0.25, -0.2) is 4.98 Å². The highest BCUT2D eigenvalue weighted by atomic mass is 127. The molecule has 2 aromatic carbocycles. The lowest BCUT2D eigenvalue weighted by Gasteiger charge is -2.27. The summed E-state index contributed by atoms with van der Waals surface area (Å²) in [5.74, 6) is 1.94. The average Bonchev–Trinajstić information content (AvgIpc) is 3.67. The van der Waals surface area contributed by atoms with Crippen LogP contribution in [-0.2, 0) is 0 Å². The lowest BCUT2D eigenvalue weighted by Crippen LogP contribution is -2.31. The first-order chi connectivity index (χ1) is 20.7. The quantitative estimate of drug-likeness (QED) is 0.102. The molecular formula is C30H35BrIN9OS. The summed E-state index contributed by atoms with van der Waals surface area (Å²) in [5, 5.41) is 4.06. The highest BCUT2D eigenvalue weighted by Gasteiger charge is 2.29. The molecule has 6 rings (SSSR count). The van der Waals surface area contributed by atoms with E-state index >= 15 is 0 Å². The van der Waals surface area contributed by atoms with Crippen LogP contribution < -0.4 is 22.4 Å². The van der Waals surface area contributed by atoms with Gasteiger partial charge in [-0.1, -0.05) is 0 Å². The van der Waals surface area contributed by atoms with Crippen LogP contribution in [0.3, 0.4) is 0 Å². The molecule has 10 nitrogen and oxygen atoms in total. The Kier molecular flexibility index (Phi) is 9.04. The summed E-state index contributed by atoms with van der Waals surface area (Å²) < 4.78 is 10.9. The first-order valence-corrected chi connectivity index (χ1v) is 16.8. The van der Waals surface area contributed by atoms with Crippen LogP contribution in [0.25, 0.3) is 11.0 Å². The van der Waals surface area contributed by atoms with Gasteiger partial charge in [0.1, 0.15) is 11.3 Å². The molecule has 43 heavy (non-hydrogen) atoms. The van der Waals surface area contributed by atoms with E-state index in [0.717, 1.165) is 57.8 Å². The van der Waals surface area contributed by atoms with Gasteiger partial charge in [0.2, 0.25) is 5.95 Å². The van der Waals surface area contributed by atoms with E-state index in [0.29, 0.717) is 23.1 Å². The molecule has 4 aromatic rings. The molecule has 0 radical (unpaired) electrons. The normalized spacial score (nSPS) is 16.7. The summed E-state index contributed by atoms with van der Waals surface area (Å²) in [7, 11) is 8.10. The van der Waals surface area contributed by atoms with Crippen molar-refractivity contribution in [1.82, 2.24) is 24.8 Å². The van der Waals surface area contributed by atoms with Crippen LogP contribution in [0.2, 0.25) is 0 Å². The minimum Gasteiger partial charge on any atom is -0.494 e. The summed E-state index contributed by atoms with van der Waals surface area (Å²) in [6, 6.07) is 8.88. The summed E-state index contributed by atoms with van der Waals surface area (Å²) in [5.41, 5.74) is 6.88. The largest absolute Gasteiger partial charge is 0.494 e. The predicted molar refractivity (Wildman–Crippen MR) is 190 cm³/mol. The Morgan fingerprint density at radius 3 is 2.60 bits per heavy atom. The van der Waals surface area contributed by atoms with Gasteiger partial charge in [0.05, 0.1) is 57.0 Å². The van der Waals surface area contributed by atoms with Gasteiger partial charge in [-0.2, -0.15) is 4.98 Å². The second-order valence-electron chi connectivity index (χ2n) is 11.1. The Labute approximate surface area is 279 Å². The van der Waals surface area contributed by atoms with Crippen LogP contribution in [0.1, 0.15) is 24.8 Å². The number of aryl methyl sites for hydroxylation is 1. The fourth-order valence-corrected chi connectivity index (χ4v) is 7.92. The Bertz CT molecular complexity index is 1640. The lowest BCUT2D eigenvalue weighted by atomic mass is 10.1. The smallest absolute Gasteiger partial charge is 0.229 e. The van der Waals surface area contributed by atoms with Crippen molar-refractivity contribution in [2.45, 2.75) is 37.5 Å². The Morgan fingerprint density at radius 2 is 1.88 bits per heavy atom. The highest BCUT2D eigenvalue weighted by molar-refractivity contribution is 14.1. The van der Waals surface area contributed by atoms with E-state index in [-0.39, 0.29) is 0 Å². The number of methoxy groups -OCH3 is 1. The topological polar surface area (TPSA) is 85.8 Å². The Balaban J connectivity index is 1.31. The molecule has 0 bridgehead atoms. The summed E-state index contributed by atoms with van der Waals surface area (Å²) in [6.07, 6.45) is 8.88. The standard InChI is InChI=1S/C30H35BrIN9OS/c1-18-14-23(26(42-5)15-25(18)40-13-10-19(17-40)38(2)3)36-30-35-16-21(31)29(37-30)41(32)24-9-8-22-27(34-12-11-33-22)28(24)39(4)43-20-6-7-20/h8-9,11-12,14-16,19-20H,6-7,10,13,17H2,1-5H3,(H,35,36,37). The number of hydrogen-bond acceptors (Lipinski definition) is 11. The molecule has 2 fully saturated rings. The molecule has 1 unspecified atom stereocenters. The summed E-state index contributed by atoms with van der Waals surface area (Å²) in [6.45, 7) is 4.18. The zero-order chi connectivity index (χ0) is 30.2. The first kappa shape index (κ1) is 30.4. The lowest BCUT2D eigenvalue weighted by molar-refractivity contribution is 0.315. The Morgan fingerprint density at radius 1 is 1.09 bits per heavy atom. The van der Waals surface area contributed by atoms with Crippen molar-refractivity contribution in [2.24, 2.45) is 0 Å². The molecule has 13 heteroatoms. The molecule has 1 N–H and O–H groups in total. The van der Waals surface area contributed by atoms with Crippen LogP contribution in [0.4, 0.5) is 34.5 Å². The number of fused-ring (bicyclic) bond motifs is 1. The van der Waals surface area contributed by atoms with E-state index in [1.165, 1.54) is 24.1 Å². The number of anilines is 6. The SMILES string of the molecule is COc1cc(N2CCC(N(C)C)C2)c(C)cc1Nc1ncc(Br)c(N(I)c2ccc3nccnc3c2N(C)SC2CC2)n1. The van der Waals surface area contributed by atoms with E-state index in [1.54, 1.807) is 25.7 Å². The third-order valence-corrected chi connectivity index (χ3v) is 10.7. The molecule has 1 aliphatic carbocycles. The monoisotopic (exact) mass is 775 g/mol. The molecule has 2 aromatic heterocycles. The third kappa shape index (κ3) is 6.45. The van der Waals surface area contributed by atoms with Crippen molar-refractivity contribution in [1.29, 1.82) is 0 Å². The third-order valence-electron chi connectivity index (χ3n) is 7.86. The van der Waals surface area contributed by atoms with Crippen LogP contribution in [-0.4, -0.2) is 77.5 Å². The van der Waals surface area contributed by atoms with Crippen molar-refractivity contribution < 1.29 is 4.74 Å². The number of likely N-dealkylation sites (N-methyl/N-ethyl adjacent to an activating group) is 1. The van der Waals surface area contributed by atoms with Crippen LogP contribution in [0, 0.1) is 6.92 Å². The molecule has 1 aliphatic heterocycles. The van der Waals surface area contributed by atoms with Crippen molar-refractivity contribution in [3.8, 4) is 5.75 Å². The maximum Gasteiger partial charge on any atom is 0.229 e.